The van der Waals surface area contributed by atoms with Gasteiger partial charge in [0.2, 0.25) is 11.8 Å². The van der Waals surface area contributed by atoms with Crippen LogP contribution in [0.1, 0.15) is 24.5 Å². The van der Waals surface area contributed by atoms with Crippen molar-refractivity contribution in [3.05, 3.63) is 53.6 Å². The van der Waals surface area contributed by atoms with Crippen molar-refractivity contribution in [1.29, 1.82) is 0 Å². The molecule has 1 fully saturated rings. The van der Waals surface area contributed by atoms with Crippen molar-refractivity contribution in [3.63, 3.8) is 0 Å². The summed E-state index contributed by atoms with van der Waals surface area (Å²) in [6.45, 7) is 6.40. The second kappa shape index (κ2) is 8.32. The molecule has 1 heterocycles. The number of benzene rings is 1. The Hall–Kier alpha value is -2.36. The van der Waals surface area contributed by atoms with Crippen molar-refractivity contribution in [1.82, 2.24) is 9.80 Å². The van der Waals surface area contributed by atoms with Crippen molar-refractivity contribution in [2.24, 2.45) is 0 Å². The Bertz CT molecular complexity index is 594. The smallest absolute Gasteiger partial charge is 0.246 e. The van der Waals surface area contributed by atoms with E-state index < -0.39 is 0 Å². The van der Waals surface area contributed by atoms with Gasteiger partial charge in [-0.3, -0.25) is 9.59 Å². The first-order chi connectivity index (χ1) is 11.1. The number of piperazine rings is 1. The number of carbonyl (C=O) groups is 2. The predicted octanol–water partition coefficient (Wildman–Crippen LogP) is 2.65. The number of amides is 2. The van der Waals surface area contributed by atoms with Gasteiger partial charge in [0.25, 0.3) is 0 Å². The fourth-order valence-electron chi connectivity index (χ4n) is 2.49. The van der Waals surface area contributed by atoms with E-state index in [1.807, 2.05) is 36.1 Å². The van der Waals surface area contributed by atoms with Crippen LogP contribution in [0.25, 0.3) is 6.08 Å². The zero-order chi connectivity index (χ0) is 16.7. The highest BCUT2D eigenvalue weighted by Crippen LogP contribution is 2.06. The second-order valence-electron chi connectivity index (χ2n) is 5.69. The van der Waals surface area contributed by atoms with Crippen molar-refractivity contribution in [3.8, 4) is 0 Å². The van der Waals surface area contributed by atoms with Crippen LogP contribution < -0.4 is 0 Å². The quantitative estimate of drug-likeness (QED) is 0.633. The third kappa shape index (κ3) is 5.09. The molecule has 1 aliphatic rings. The van der Waals surface area contributed by atoms with Crippen LogP contribution in [0.5, 0.6) is 0 Å². The van der Waals surface area contributed by atoms with Gasteiger partial charge < -0.3 is 9.80 Å². The maximum Gasteiger partial charge on any atom is 0.246 e. The minimum Gasteiger partial charge on any atom is -0.339 e. The first kappa shape index (κ1) is 17.0. The van der Waals surface area contributed by atoms with E-state index in [0.717, 1.165) is 5.56 Å². The molecule has 4 heteroatoms. The molecule has 122 valence electrons. The average molecular weight is 312 g/mol. The standard InChI is InChI=1S/C19H24N2O2/c1-3-18(22)20-12-14-21(15-13-20)19(23)7-5-4-6-17-10-8-16(2)9-11-17/h4-11H,3,12-15H2,1-2H3/b6-4+,7-5+. The van der Waals surface area contributed by atoms with Crippen LogP contribution in [0.15, 0.2) is 42.5 Å². The van der Waals surface area contributed by atoms with Gasteiger partial charge in [-0.05, 0) is 12.5 Å². The fourth-order valence-corrected chi connectivity index (χ4v) is 2.49. The zero-order valence-corrected chi connectivity index (χ0v) is 13.9. The van der Waals surface area contributed by atoms with Crippen molar-refractivity contribution < 1.29 is 9.59 Å². The molecular formula is C19H24N2O2. The van der Waals surface area contributed by atoms with E-state index in [2.05, 4.69) is 19.1 Å². The molecule has 0 spiro atoms. The van der Waals surface area contributed by atoms with Gasteiger partial charge in [-0.15, -0.1) is 0 Å². The molecule has 0 aromatic heterocycles. The average Bonchev–Trinajstić information content (AvgIpc) is 2.59. The molecule has 1 aromatic carbocycles. The molecular weight excluding hydrogens is 288 g/mol. The Kier molecular flexibility index (Phi) is 6.15. The van der Waals surface area contributed by atoms with Crippen molar-refractivity contribution in [2.45, 2.75) is 20.3 Å². The topological polar surface area (TPSA) is 40.6 Å². The third-order valence-corrected chi connectivity index (χ3v) is 3.96. The maximum absolute atomic E-state index is 12.1. The number of hydrogen-bond donors (Lipinski definition) is 0. The summed E-state index contributed by atoms with van der Waals surface area (Å²) >= 11 is 0. The van der Waals surface area contributed by atoms with Crippen LogP contribution >= 0.6 is 0 Å². The molecule has 1 saturated heterocycles. The Morgan fingerprint density at radius 1 is 1.00 bits per heavy atom. The van der Waals surface area contributed by atoms with E-state index in [1.165, 1.54) is 5.56 Å². The summed E-state index contributed by atoms with van der Waals surface area (Å²) in [6, 6.07) is 8.22. The highest BCUT2D eigenvalue weighted by Gasteiger charge is 2.21. The molecule has 2 amide bonds. The van der Waals surface area contributed by atoms with Gasteiger partial charge >= 0.3 is 0 Å². The monoisotopic (exact) mass is 312 g/mol. The molecule has 1 aromatic rings. The van der Waals surface area contributed by atoms with Crippen LogP contribution in [0.2, 0.25) is 0 Å². The fraction of sp³-hybridized carbons (Fsp3) is 0.368. The number of aryl methyl sites for hydroxylation is 1. The largest absolute Gasteiger partial charge is 0.339 e. The molecule has 0 aliphatic carbocycles. The molecule has 2 rings (SSSR count). The number of rotatable bonds is 4. The van der Waals surface area contributed by atoms with Crippen LogP contribution in [-0.4, -0.2) is 47.8 Å². The molecule has 0 saturated carbocycles. The molecule has 0 unspecified atom stereocenters. The summed E-state index contributed by atoms with van der Waals surface area (Å²) < 4.78 is 0. The van der Waals surface area contributed by atoms with Gasteiger partial charge in [0.15, 0.2) is 0 Å². The van der Waals surface area contributed by atoms with Crippen molar-refractivity contribution >= 4 is 17.9 Å². The van der Waals surface area contributed by atoms with Crippen LogP contribution in [0.4, 0.5) is 0 Å². The lowest BCUT2D eigenvalue weighted by Gasteiger charge is -2.34. The zero-order valence-electron chi connectivity index (χ0n) is 13.9. The number of carbonyl (C=O) groups excluding carboxylic acids is 2. The Balaban J connectivity index is 1.80. The normalized spacial score (nSPS) is 15.6. The number of allylic oxidation sites excluding steroid dienone is 2. The van der Waals surface area contributed by atoms with Gasteiger partial charge in [-0.1, -0.05) is 55.0 Å². The highest BCUT2D eigenvalue weighted by molar-refractivity contribution is 5.88. The Morgan fingerprint density at radius 3 is 2.22 bits per heavy atom. The first-order valence-electron chi connectivity index (χ1n) is 8.08. The van der Waals surface area contributed by atoms with E-state index in [1.54, 1.807) is 17.1 Å². The van der Waals surface area contributed by atoms with E-state index in [9.17, 15) is 9.59 Å². The first-order valence-corrected chi connectivity index (χ1v) is 8.08. The van der Waals surface area contributed by atoms with Gasteiger partial charge in [0, 0.05) is 38.7 Å². The van der Waals surface area contributed by atoms with Gasteiger partial charge in [0.05, 0.1) is 0 Å². The van der Waals surface area contributed by atoms with Crippen LogP contribution in [-0.2, 0) is 9.59 Å². The minimum atomic E-state index is 0.00199. The predicted molar refractivity (Wildman–Crippen MR) is 92.8 cm³/mol. The Labute approximate surface area is 138 Å². The number of hydrogen-bond acceptors (Lipinski definition) is 2. The van der Waals surface area contributed by atoms with Gasteiger partial charge in [0.1, 0.15) is 0 Å². The van der Waals surface area contributed by atoms with E-state index in [0.29, 0.717) is 32.6 Å². The summed E-state index contributed by atoms with van der Waals surface area (Å²) in [7, 11) is 0. The van der Waals surface area contributed by atoms with Crippen molar-refractivity contribution in [2.75, 3.05) is 26.2 Å². The van der Waals surface area contributed by atoms with E-state index in [4.69, 9.17) is 0 Å². The number of nitrogens with zero attached hydrogens (tertiary/aromatic N) is 2. The molecule has 0 atom stereocenters. The van der Waals surface area contributed by atoms with E-state index >= 15 is 0 Å². The Morgan fingerprint density at radius 2 is 1.61 bits per heavy atom. The minimum absolute atomic E-state index is 0.00199. The molecule has 0 radical (unpaired) electrons. The molecule has 0 bridgehead atoms. The van der Waals surface area contributed by atoms with E-state index in [-0.39, 0.29) is 11.8 Å². The molecule has 0 N–H and O–H groups in total. The summed E-state index contributed by atoms with van der Waals surface area (Å²) in [6.07, 6.45) is 7.73. The summed E-state index contributed by atoms with van der Waals surface area (Å²) in [4.78, 5) is 27.3. The lowest BCUT2D eigenvalue weighted by atomic mass is 10.1. The summed E-state index contributed by atoms with van der Waals surface area (Å²) in [5.74, 6) is 0.163. The second-order valence-corrected chi connectivity index (χ2v) is 5.69. The third-order valence-electron chi connectivity index (χ3n) is 3.96. The molecule has 4 nitrogen and oxygen atoms in total. The summed E-state index contributed by atoms with van der Waals surface area (Å²) in [5.41, 5.74) is 2.34. The van der Waals surface area contributed by atoms with Gasteiger partial charge in [-0.25, -0.2) is 0 Å². The SMILES string of the molecule is CCC(=O)N1CCN(C(=O)/C=C/C=C/c2ccc(C)cc2)CC1. The van der Waals surface area contributed by atoms with Crippen LogP contribution in [0.3, 0.4) is 0 Å². The van der Waals surface area contributed by atoms with Gasteiger partial charge in [-0.2, -0.15) is 0 Å². The maximum atomic E-state index is 12.1. The molecule has 1 aliphatic heterocycles. The summed E-state index contributed by atoms with van der Waals surface area (Å²) in [5, 5.41) is 0. The van der Waals surface area contributed by atoms with Crippen LogP contribution in [0, 0.1) is 6.92 Å². The lowest BCUT2D eigenvalue weighted by molar-refractivity contribution is -0.137. The highest BCUT2D eigenvalue weighted by atomic mass is 16.2. The molecule has 23 heavy (non-hydrogen) atoms. The lowest BCUT2D eigenvalue weighted by Crippen LogP contribution is -2.50.